The summed E-state index contributed by atoms with van der Waals surface area (Å²) in [5.41, 5.74) is 15.1. The molecule has 3 aliphatic heterocycles. The lowest BCUT2D eigenvalue weighted by molar-refractivity contribution is -0.137. The van der Waals surface area contributed by atoms with Gasteiger partial charge in [0.25, 0.3) is 11.5 Å². The maximum atomic E-state index is 13.2. The summed E-state index contributed by atoms with van der Waals surface area (Å²) < 4.78 is 2.96. The fourth-order valence-corrected chi connectivity index (χ4v) is 6.49. The van der Waals surface area contributed by atoms with Crippen molar-refractivity contribution in [3.8, 4) is 16.9 Å². The Morgan fingerprint density at radius 3 is 2.54 bits per heavy atom. The van der Waals surface area contributed by atoms with E-state index in [1.165, 1.54) is 28.4 Å². The molecule has 0 spiro atoms. The summed E-state index contributed by atoms with van der Waals surface area (Å²) in [6.07, 6.45) is 9.01. The van der Waals surface area contributed by atoms with Crippen molar-refractivity contribution in [2.75, 3.05) is 5.73 Å². The van der Waals surface area contributed by atoms with Crippen molar-refractivity contribution in [2.45, 2.75) is 56.8 Å². The summed E-state index contributed by atoms with van der Waals surface area (Å²) in [6, 6.07) is 8.61. The summed E-state index contributed by atoms with van der Waals surface area (Å²) in [6.45, 7) is 1.49. The lowest BCUT2D eigenvalue weighted by atomic mass is 9.85. The van der Waals surface area contributed by atoms with Crippen LogP contribution in [0.3, 0.4) is 0 Å². The third-order valence-electron chi connectivity index (χ3n) is 8.31. The fraction of sp³-hybridized carbons (Fsp3) is 0.321. The van der Waals surface area contributed by atoms with E-state index >= 15 is 0 Å². The van der Waals surface area contributed by atoms with Crippen LogP contribution < -0.4 is 22.1 Å². The SMILES string of the molecule is CC(=O)c1c(C2CC3CC[C@@H](C2)N3C(=O)C2N=CNN2)nc2c(-c3ccc(-n4ccccc4=O)nc3)cnn2c1N. The molecule has 4 aromatic rings. The number of amides is 1. The number of pyridine rings is 2. The molecule has 2 fully saturated rings. The van der Waals surface area contributed by atoms with Gasteiger partial charge in [0.1, 0.15) is 11.6 Å². The van der Waals surface area contributed by atoms with Crippen LogP contribution in [0.5, 0.6) is 0 Å². The number of nitrogens with zero attached hydrogens (tertiary/aromatic N) is 7. The number of anilines is 1. The van der Waals surface area contributed by atoms with Crippen molar-refractivity contribution < 1.29 is 9.59 Å². The maximum absolute atomic E-state index is 13.2. The summed E-state index contributed by atoms with van der Waals surface area (Å²) >= 11 is 0. The van der Waals surface area contributed by atoms with E-state index in [1.54, 1.807) is 36.8 Å². The Kier molecular flexibility index (Phi) is 5.89. The zero-order chi connectivity index (χ0) is 28.2. The van der Waals surface area contributed by atoms with E-state index in [0.29, 0.717) is 41.1 Å². The first-order valence-electron chi connectivity index (χ1n) is 13.6. The molecule has 3 unspecified atom stereocenters. The molecule has 4 atom stereocenters. The first-order valence-corrected chi connectivity index (χ1v) is 13.6. The van der Waals surface area contributed by atoms with E-state index in [9.17, 15) is 14.4 Å². The van der Waals surface area contributed by atoms with Crippen LogP contribution in [-0.4, -0.2) is 65.3 Å². The fourth-order valence-electron chi connectivity index (χ4n) is 6.49. The molecule has 7 heterocycles. The Morgan fingerprint density at radius 1 is 1.07 bits per heavy atom. The second-order valence-corrected chi connectivity index (χ2v) is 10.7. The zero-order valence-electron chi connectivity index (χ0n) is 22.3. The predicted octanol–water partition coefficient (Wildman–Crippen LogP) is 1.43. The number of aromatic nitrogens is 5. The number of hydrazine groups is 1. The number of hydrogen-bond donors (Lipinski definition) is 3. The first kappa shape index (κ1) is 25.1. The molecule has 2 bridgehead atoms. The Balaban J connectivity index is 1.25. The van der Waals surface area contributed by atoms with Crippen LogP contribution in [0.2, 0.25) is 0 Å². The average Bonchev–Trinajstić information content (AvgIpc) is 3.71. The van der Waals surface area contributed by atoms with Crippen LogP contribution in [0.4, 0.5) is 5.82 Å². The summed E-state index contributed by atoms with van der Waals surface area (Å²) in [5.74, 6) is 0.469. The van der Waals surface area contributed by atoms with Crippen LogP contribution in [-0.2, 0) is 4.79 Å². The summed E-state index contributed by atoms with van der Waals surface area (Å²) in [5, 5.41) is 4.46. The van der Waals surface area contributed by atoms with E-state index in [4.69, 9.17) is 10.7 Å². The zero-order valence-corrected chi connectivity index (χ0v) is 22.3. The Labute approximate surface area is 234 Å². The van der Waals surface area contributed by atoms with Crippen LogP contribution in [0.15, 0.2) is 58.7 Å². The molecular formula is C28H28N10O3. The number of piperidine rings is 1. The number of carbonyl (C=O) groups excluding carboxylic acids is 2. The number of aliphatic imine (C=N–C) groups is 1. The van der Waals surface area contributed by atoms with Gasteiger partial charge in [-0.15, -0.1) is 0 Å². The number of rotatable bonds is 5. The van der Waals surface area contributed by atoms with Crippen molar-refractivity contribution in [2.24, 2.45) is 4.99 Å². The standard InChI is InChI=1S/C28H28N10O3/c1-15(39)23-24(17-10-18-6-7-19(11-17)37(18)28(41)26-31-14-32-35-26)34-27-20(13-33-38(27)25(23)29)16-5-8-21(30-12-16)36-9-3-2-4-22(36)40/h2-5,8-9,12-14,17-19,26,35H,6-7,10-11,29H2,1H3,(H,31,32)/t17?,18-,19?,26?/m0/s1. The molecule has 4 N–H and O–H groups in total. The molecule has 0 aliphatic carbocycles. The highest BCUT2D eigenvalue weighted by Gasteiger charge is 2.46. The number of fused-ring (bicyclic) bond motifs is 3. The monoisotopic (exact) mass is 552 g/mol. The molecule has 7 rings (SSSR count). The van der Waals surface area contributed by atoms with Gasteiger partial charge in [-0.05, 0) is 50.8 Å². The van der Waals surface area contributed by atoms with E-state index in [2.05, 4.69) is 25.9 Å². The molecule has 41 heavy (non-hydrogen) atoms. The van der Waals surface area contributed by atoms with Crippen LogP contribution in [0, 0.1) is 0 Å². The quantitative estimate of drug-likeness (QED) is 0.311. The van der Waals surface area contributed by atoms with Gasteiger partial charge in [-0.1, -0.05) is 6.07 Å². The molecule has 13 nitrogen and oxygen atoms in total. The van der Waals surface area contributed by atoms with Gasteiger partial charge in [-0.2, -0.15) is 9.61 Å². The van der Waals surface area contributed by atoms with Crippen molar-refractivity contribution in [3.05, 3.63) is 70.5 Å². The number of hydrogen-bond acceptors (Lipinski definition) is 10. The van der Waals surface area contributed by atoms with Crippen molar-refractivity contribution in [1.29, 1.82) is 0 Å². The van der Waals surface area contributed by atoms with E-state index in [0.717, 1.165) is 18.4 Å². The van der Waals surface area contributed by atoms with Gasteiger partial charge in [0.05, 0.1) is 23.8 Å². The second-order valence-electron chi connectivity index (χ2n) is 10.7. The minimum atomic E-state index is -0.623. The molecule has 0 radical (unpaired) electrons. The Morgan fingerprint density at radius 2 is 1.88 bits per heavy atom. The normalized spacial score (nSPS) is 23.2. The number of ketones is 1. The third kappa shape index (κ3) is 4.08. The van der Waals surface area contributed by atoms with Gasteiger partial charge < -0.3 is 16.1 Å². The van der Waals surface area contributed by atoms with Crippen molar-refractivity contribution in [1.82, 2.24) is 39.9 Å². The number of carbonyl (C=O) groups is 2. The van der Waals surface area contributed by atoms with Gasteiger partial charge in [0.2, 0.25) is 0 Å². The van der Waals surface area contributed by atoms with Crippen LogP contribution >= 0.6 is 0 Å². The van der Waals surface area contributed by atoms with Crippen molar-refractivity contribution in [3.63, 3.8) is 0 Å². The van der Waals surface area contributed by atoms with Gasteiger partial charge in [-0.3, -0.25) is 19.0 Å². The molecule has 1 amide bonds. The third-order valence-corrected chi connectivity index (χ3v) is 8.31. The topological polar surface area (TPSA) is 165 Å². The molecule has 13 heteroatoms. The Hall–Kier alpha value is -4.91. The van der Waals surface area contributed by atoms with Gasteiger partial charge in [0.15, 0.2) is 17.6 Å². The van der Waals surface area contributed by atoms with Crippen molar-refractivity contribution >= 4 is 29.5 Å². The molecule has 4 aromatic heterocycles. The highest BCUT2D eigenvalue weighted by atomic mass is 16.2. The lowest BCUT2D eigenvalue weighted by Crippen LogP contribution is -2.53. The number of nitrogens with one attached hydrogen (secondary N) is 2. The van der Waals surface area contributed by atoms with E-state index < -0.39 is 6.17 Å². The van der Waals surface area contributed by atoms with E-state index in [1.807, 2.05) is 11.0 Å². The molecule has 208 valence electrons. The lowest BCUT2D eigenvalue weighted by Gasteiger charge is -2.40. The predicted molar refractivity (Wildman–Crippen MR) is 150 cm³/mol. The average molecular weight is 553 g/mol. The smallest absolute Gasteiger partial charge is 0.264 e. The highest BCUT2D eigenvalue weighted by molar-refractivity contribution is 6.00. The van der Waals surface area contributed by atoms with E-state index in [-0.39, 0.29) is 41.1 Å². The number of nitrogen functional groups attached to an aromatic ring is 1. The molecular weight excluding hydrogens is 524 g/mol. The Bertz CT molecular complexity index is 1760. The number of nitrogens with two attached hydrogens (primary N) is 1. The minimum absolute atomic E-state index is 0.0328. The van der Waals surface area contributed by atoms with Gasteiger partial charge >= 0.3 is 0 Å². The minimum Gasteiger partial charge on any atom is -0.383 e. The summed E-state index contributed by atoms with van der Waals surface area (Å²) in [7, 11) is 0. The molecule has 3 aliphatic rings. The van der Waals surface area contributed by atoms with Crippen LogP contribution in [0.25, 0.3) is 22.6 Å². The van der Waals surface area contributed by atoms with Crippen LogP contribution in [0.1, 0.15) is 54.6 Å². The second kappa shape index (κ2) is 9.63. The maximum Gasteiger partial charge on any atom is 0.264 e. The van der Waals surface area contributed by atoms with Gasteiger partial charge in [0, 0.05) is 47.6 Å². The largest absolute Gasteiger partial charge is 0.383 e. The summed E-state index contributed by atoms with van der Waals surface area (Å²) in [4.78, 5) is 54.0. The molecule has 0 aromatic carbocycles. The first-order chi connectivity index (χ1) is 19.9. The molecule has 0 saturated carbocycles. The molecule has 2 saturated heterocycles. The number of Topliss-reactive ketones (excluding diaryl/α,β-unsaturated/α-hetero) is 1. The highest BCUT2D eigenvalue weighted by Crippen LogP contribution is 2.45. The van der Waals surface area contributed by atoms with Gasteiger partial charge in [-0.25, -0.2) is 20.4 Å².